The highest BCUT2D eigenvalue weighted by molar-refractivity contribution is 6.29. The van der Waals surface area contributed by atoms with E-state index >= 15 is 0 Å². The third-order valence-electron chi connectivity index (χ3n) is 2.79. The number of benzene rings is 1. The first-order valence-corrected chi connectivity index (χ1v) is 6.98. The second-order valence-corrected chi connectivity index (χ2v) is 4.93. The summed E-state index contributed by atoms with van der Waals surface area (Å²) in [4.78, 5) is 14.4. The Hall–Kier alpha value is -3.07. The van der Waals surface area contributed by atoms with Gasteiger partial charge < -0.3 is 5.73 Å². The Kier molecular flexibility index (Phi) is 5.74. The van der Waals surface area contributed by atoms with E-state index in [2.05, 4.69) is 15.2 Å². The van der Waals surface area contributed by atoms with Crippen LogP contribution in [-0.4, -0.2) is 27.2 Å². The molecule has 24 heavy (non-hydrogen) atoms. The fourth-order valence-electron chi connectivity index (χ4n) is 1.67. The fraction of sp³-hybridized carbons (Fsp3) is 0.0714. The number of nitrogens with two attached hydrogens (primary N) is 1. The summed E-state index contributed by atoms with van der Waals surface area (Å²) in [6.45, 7) is 0.0883. The summed E-state index contributed by atoms with van der Waals surface area (Å²) in [6, 6.07) is 8.78. The molecular formula is C14H12ClFN6O2. The predicted molar refractivity (Wildman–Crippen MR) is 87.4 cm³/mol. The van der Waals surface area contributed by atoms with Crippen LogP contribution in [0, 0.1) is 15.9 Å². The molecule has 0 amide bonds. The molecule has 0 radical (unpaired) electrons. The van der Waals surface area contributed by atoms with E-state index in [-0.39, 0.29) is 12.4 Å². The Labute approximate surface area is 141 Å². The molecule has 0 fully saturated rings. The van der Waals surface area contributed by atoms with Gasteiger partial charge in [-0.05, 0) is 29.3 Å². The molecule has 1 heterocycles. The zero-order valence-corrected chi connectivity index (χ0v) is 13.0. The van der Waals surface area contributed by atoms with Gasteiger partial charge >= 0.3 is 0 Å². The lowest BCUT2D eigenvalue weighted by Gasteiger charge is -2.15. The average molecular weight is 351 g/mol. The molecule has 2 N–H and O–H groups in total. The Morgan fingerprint density at radius 1 is 1.38 bits per heavy atom. The summed E-state index contributed by atoms with van der Waals surface area (Å²) in [6.07, 6.45) is 2.87. The van der Waals surface area contributed by atoms with Crippen LogP contribution in [0.5, 0.6) is 0 Å². The number of guanidine groups is 1. The van der Waals surface area contributed by atoms with Gasteiger partial charge in [-0.2, -0.15) is 5.10 Å². The monoisotopic (exact) mass is 350 g/mol. The first-order chi connectivity index (χ1) is 11.4. The number of nitrogens with zero attached hydrogens (tertiary/aromatic N) is 5. The van der Waals surface area contributed by atoms with Gasteiger partial charge in [0, 0.05) is 6.20 Å². The minimum atomic E-state index is -0.921. The fourth-order valence-corrected chi connectivity index (χ4v) is 1.79. The second-order valence-electron chi connectivity index (χ2n) is 4.54. The van der Waals surface area contributed by atoms with Crippen molar-refractivity contribution in [2.75, 3.05) is 0 Å². The predicted octanol–water partition coefficient (Wildman–Crippen LogP) is 2.22. The van der Waals surface area contributed by atoms with Crippen molar-refractivity contribution in [3.05, 3.63) is 74.8 Å². The van der Waals surface area contributed by atoms with Crippen molar-refractivity contribution in [2.24, 2.45) is 15.9 Å². The molecule has 0 aliphatic heterocycles. The van der Waals surface area contributed by atoms with E-state index in [0.29, 0.717) is 16.3 Å². The number of hydrazone groups is 2. The van der Waals surface area contributed by atoms with Crippen LogP contribution in [-0.2, 0) is 6.54 Å². The summed E-state index contributed by atoms with van der Waals surface area (Å²) in [5, 5.41) is 18.1. The van der Waals surface area contributed by atoms with Gasteiger partial charge in [-0.3, -0.25) is 0 Å². The van der Waals surface area contributed by atoms with Crippen LogP contribution in [0.1, 0.15) is 11.1 Å². The van der Waals surface area contributed by atoms with Crippen molar-refractivity contribution in [3.8, 4) is 0 Å². The van der Waals surface area contributed by atoms with E-state index in [1.807, 2.05) is 0 Å². The Morgan fingerprint density at radius 3 is 2.67 bits per heavy atom. The quantitative estimate of drug-likeness (QED) is 0.292. The summed E-state index contributed by atoms with van der Waals surface area (Å²) in [5.41, 5.74) is 6.85. The maximum atomic E-state index is 12.9. The zero-order chi connectivity index (χ0) is 17.5. The summed E-state index contributed by atoms with van der Waals surface area (Å²) in [7, 11) is 0. The van der Waals surface area contributed by atoms with Crippen molar-refractivity contribution in [2.45, 2.75) is 6.54 Å². The highest BCUT2D eigenvalue weighted by Crippen LogP contribution is 2.09. The Balaban J connectivity index is 2.23. The molecule has 1 aromatic carbocycles. The standard InChI is InChI=1S/C14H12ClFN6O2/c15-13-6-3-11(7-18-13)9-21(14(17)20-22(23)24)19-8-10-1-4-12(16)5-2-10/h1-8H,9H2,(H2,17,20)/b19-8+. The number of halogens is 2. The lowest BCUT2D eigenvalue weighted by Crippen LogP contribution is -2.33. The van der Waals surface area contributed by atoms with Crippen LogP contribution in [0.3, 0.4) is 0 Å². The highest BCUT2D eigenvalue weighted by atomic mass is 35.5. The minimum Gasteiger partial charge on any atom is -0.363 e. The maximum Gasteiger partial charge on any atom is 0.289 e. The molecule has 0 atom stereocenters. The Bertz CT molecular complexity index is 764. The van der Waals surface area contributed by atoms with E-state index in [9.17, 15) is 14.5 Å². The zero-order valence-electron chi connectivity index (χ0n) is 12.2. The molecule has 0 unspecified atom stereocenters. The molecule has 0 aliphatic rings. The summed E-state index contributed by atoms with van der Waals surface area (Å²) in [5.74, 6) is -0.793. The topological polar surface area (TPSA) is 110 Å². The maximum absolute atomic E-state index is 12.9. The SMILES string of the molecule is N/C(=N\[N+](=O)[O-])N(Cc1ccc(Cl)nc1)/N=C/c1ccc(F)cc1. The molecule has 0 spiro atoms. The van der Waals surface area contributed by atoms with Crippen molar-refractivity contribution in [1.82, 2.24) is 9.99 Å². The number of nitro groups is 1. The van der Waals surface area contributed by atoms with Crippen molar-refractivity contribution >= 4 is 23.8 Å². The third kappa shape index (κ3) is 5.29. The van der Waals surface area contributed by atoms with Gasteiger partial charge in [-0.25, -0.2) is 24.5 Å². The molecule has 10 heteroatoms. The molecule has 0 bridgehead atoms. The van der Waals surface area contributed by atoms with E-state index in [1.54, 1.807) is 12.1 Å². The van der Waals surface area contributed by atoms with Gasteiger partial charge in [0.1, 0.15) is 16.1 Å². The van der Waals surface area contributed by atoms with Gasteiger partial charge in [-0.15, -0.1) is 0 Å². The number of rotatable bonds is 5. The molecule has 0 saturated heterocycles. The van der Waals surface area contributed by atoms with Gasteiger partial charge in [0.15, 0.2) is 5.03 Å². The number of pyridine rings is 1. The number of aromatic nitrogens is 1. The lowest BCUT2D eigenvalue weighted by atomic mass is 10.2. The van der Waals surface area contributed by atoms with E-state index < -0.39 is 11.0 Å². The van der Waals surface area contributed by atoms with Gasteiger partial charge in [-0.1, -0.05) is 29.8 Å². The first kappa shape index (κ1) is 17.3. The highest BCUT2D eigenvalue weighted by Gasteiger charge is 2.12. The third-order valence-corrected chi connectivity index (χ3v) is 3.01. The lowest BCUT2D eigenvalue weighted by molar-refractivity contribution is -0.485. The molecule has 0 aliphatic carbocycles. The molecule has 2 aromatic rings. The van der Waals surface area contributed by atoms with E-state index in [4.69, 9.17) is 17.3 Å². The average Bonchev–Trinajstić information content (AvgIpc) is 2.54. The second kappa shape index (κ2) is 7.97. The largest absolute Gasteiger partial charge is 0.363 e. The van der Waals surface area contributed by atoms with Gasteiger partial charge in [0.25, 0.3) is 5.96 Å². The van der Waals surface area contributed by atoms with Crippen LogP contribution >= 0.6 is 11.6 Å². The molecule has 1 aromatic heterocycles. The van der Waals surface area contributed by atoms with Crippen molar-refractivity contribution in [1.29, 1.82) is 0 Å². The molecule has 124 valence electrons. The molecular weight excluding hydrogens is 339 g/mol. The summed E-state index contributed by atoms with van der Waals surface area (Å²) < 4.78 is 12.9. The molecule has 0 saturated carbocycles. The molecule has 2 rings (SSSR count). The Morgan fingerprint density at radius 2 is 2.08 bits per heavy atom. The normalized spacial score (nSPS) is 11.7. The van der Waals surface area contributed by atoms with Crippen LogP contribution in [0.2, 0.25) is 5.15 Å². The van der Waals surface area contributed by atoms with Crippen LogP contribution in [0.15, 0.2) is 52.8 Å². The van der Waals surface area contributed by atoms with Crippen LogP contribution in [0.25, 0.3) is 0 Å². The minimum absolute atomic E-state index is 0.0883. The van der Waals surface area contributed by atoms with E-state index in [1.165, 1.54) is 36.7 Å². The first-order valence-electron chi connectivity index (χ1n) is 6.60. The number of hydrogen-bond donors (Lipinski definition) is 1. The van der Waals surface area contributed by atoms with E-state index in [0.717, 1.165) is 5.01 Å². The van der Waals surface area contributed by atoms with Crippen molar-refractivity contribution < 1.29 is 9.42 Å². The van der Waals surface area contributed by atoms with Crippen molar-refractivity contribution in [3.63, 3.8) is 0 Å². The smallest absolute Gasteiger partial charge is 0.289 e. The van der Waals surface area contributed by atoms with Crippen LogP contribution < -0.4 is 5.73 Å². The van der Waals surface area contributed by atoms with Crippen LogP contribution in [0.4, 0.5) is 4.39 Å². The van der Waals surface area contributed by atoms with Gasteiger partial charge in [0.05, 0.1) is 12.8 Å². The van der Waals surface area contributed by atoms with Gasteiger partial charge in [0.2, 0.25) is 0 Å². The molecule has 8 nitrogen and oxygen atoms in total. The number of hydrogen-bond acceptors (Lipinski definition) is 4. The summed E-state index contributed by atoms with van der Waals surface area (Å²) >= 11 is 5.71.